The lowest BCUT2D eigenvalue weighted by atomic mass is 9.75. The van der Waals surface area contributed by atoms with Gasteiger partial charge in [-0.15, -0.1) is 0 Å². The van der Waals surface area contributed by atoms with Gasteiger partial charge in [0.05, 0.1) is 29.1 Å². The quantitative estimate of drug-likeness (QED) is 0.225. The number of ketones is 1. The average Bonchev–Trinajstić information content (AvgIpc) is 2.98. The second-order valence-electron chi connectivity index (χ2n) is 11.7. The van der Waals surface area contributed by atoms with E-state index < -0.39 is 29.4 Å². The van der Waals surface area contributed by atoms with Crippen LogP contribution in [0.15, 0.2) is 72.9 Å². The molecule has 2 aliphatic rings. The highest BCUT2D eigenvalue weighted by Crippen LogP contribution is 2.35. The van der Waals surface area contributed by atoms with E-state index in [1.807, 2.05) is 0 Å². The van der Waals surface area contributed by atoms with Gasteiger partial charge in [-0.3, -0.25) is 15.1 Å². The number of nitrogens with one attached hydrogen (secondary N) is 3. The molecule has 0 saturated carbocycles. The van der Waals surface area contributed by atoms with Crippen LogP contribution in [-0.2, 0) is 4.79 Å². The average molecular weight is 589 g/mol. The number of carbonyl (C=O) groups excluding carboxylic acids is 1. The molecule has 8 nitrogen and oxygen atoms in total. The second-order valence-corrected chi connectivity index (χ2v) is 11.7. The van der Waals surface area contributed by atoms with Crippen LogP contribution in [0.4, 0.5) is 14.5 Å². The number of anilines is 1. The summed E-state index contributed by atoms with van der Waals surface area (Å²) >= 11 is 0. The molecule has 10 heteroatoms. The number of nitrogens with zero attached hydrogens (tertiary/aromatic N) is 1. The highest BCUT2D eigenvalue weighted by Gasteiger charge is 2.44. The Bertz CT molecular complexity index is 1630. The highest BCUT2D eigenvalue weighted by atomic mass is 19.1. The van der Waals surface area contributed by atoms with E-state index in [9.17, 15) is 14.3 Å². The van der Waals surface area contributed by atoms with Gasteiger partial charge in [0.25, 0.3) is 0 Å². The summed E-state index contributed by atoms with van der Waals surface area (Å²) in [4.78, 5) is 18.0. The lowest BCUT2D eigenvalue weighted by molar-refractivity contribution is -0.128. The van der Waals surface area contributed by atoms with Gasteiger partial charge < -0.3 is 25.2 Å². The monoisotopic (exact) mass is 588 g/mol. The topological polar surface area (TPSA) is 105 Å². The van der Waals surface area contributed by atoms with Crippen LogP contribution in [0.3, 0.4) is 0 Å². The largest absolute Gasteiger partial charge is 0.491 e. The number of hydrogen-bond acceptors (Lipinski definition) is 8. The van der Waals surface area contributed by atoms with Crippen LogP contribution in [0.25, 0.3) is 10.9 Å². The summed E-state index contributed by atoms with van der Waals surface area (Å²) in [5.74, 6) is -0.596. The van der Waals surface area contributed by atoms with Crippen molar-refractivity contribution in [3.05, 3.63) is 90.1 Å². The molecule has 0 amide bonds. The third-order valence-electron chi connectivity index (χ3n) is 7.88. The van der Waals surface area contributed by atoms with E-state index >= 15 is 4.39 Å². The predicted molar refractivity (Wildman–Crippen MR) is 159 cm³/mol. The number of pyridine rings is 1. The van der Waals surface area contributed by atoms with E-state index in [2.05, 4.69) is 20.9 Å². The van der Waals surface area contributed by atoms with Crippen LogP contribution < -0.4 is 25.4 Å². The Morgan fingerprint density at radius 1 is 1.02 bits per heavy atom. The Kier molecular flexibility index (Phi) is 8.00. The van der Waals surface area contributed by atoms with Crippen LogP contribution in [0.1, 0.15) is 31.7 Å². The Morgan fingerprint density at radius 2 is 1.84 bits per heavy atom. The Hall–Kier alpha value is -4.12. The number of piperidine rings is 2. The molecule has 1 aromatic heterocycles. The SMILES string of the molecule is CC(C)(O)COc1ccc2c(Oc3ccc(NC4NCCC5NCC(c6ccc(F)cc6)C(=O)C54)cc3F)ccnc2c1. The van der Waals surface area contributed by atoms with E-state index in [0.29, 0.717) is 41.2 Å². The molecule has 4 atom stereocenters. The van der Waals surface area contributed by atoms with Gasteiger partial charge in [-0.25, -0.2) is 8.78 Å². The lowest BCUT2D eigenvalue weighted by Gasteiger charge is -2.44. The molecule has 0 aliphatic carbocycles. The fourth-order valence-electron chi connectivity index (χ4n) is 5.76. The first-order chi connectivity index (χ1) is 20.6. The number of aromatic nitrogens is 1. The van der Waals surface area contributed by atoms with Gasteiger partial charge >= 0.3 is 0 Å². The van der Waals surface area contributed by atoms with Gasteiger partial charge in [-0.2, -0.15) is 0 Å². The minimum absolute atomic E-state index is 0.0172. The van der Waals surface area contributed by atoms with Crippen molar-refractivity contribution >= 4 is 22.4 Å². The molecule has 0 radical (unpaired) electrons. The van der Waals surface area contributed by atoms with Crippen molar-refractivity contribution in [3.8, 4) is 17.2 Å². The lowest BCUT2D eigenvalue weighted by Crippen LogP contribution is -2.63. The maximum atomic E-state index is 15.3. The van der Waals surface area contributed by atoms with Gasteiger partial charge in [0.1, 0.15) is 29.7 Å². The first kappa shape index (κ1) is 29.0. The summed E-state index contributed by atoms with van der Waals surface area (Å²) in [6.07, 6.45) is 1.95. The molecule has 2 saturated heterocycles. The number of hydrogen-bond donors (Lipinski definition) is 4. The summed E-state index contributed by atoms with van der Waals surface area (Å²) in [6.45, 7) is 4.64. The normalized spacial score (nSPS) is 22.2. The van der Waals surface area contributed by atoms with Crippen molar-refractivity contribution in [2.24, 2.45) is 5.92 Å². The molecule has 4 aromatic rings. The number of benzene rings is 3. The van der Waals surface area contributed by atoms with Gasteiger partial charge in [0.2, 0.25) is 0 Å². The van der Waals surface area contributed by atoms with Crippen LogP contribution in [0.2, 0.25) is 0 Å². The highest BCUT2D eigenvalue weighted by molar-refractivity contribution is 5.90. The number of Topliss-reactive ketones (excluding diaryl/α,β-unsaturated/α-hetero) is 1. The summed E-state index contributed by atoms with van der Waals surface area (Å²) in [5.41, 5.74) is 0.909. The molecule has 3 heterocycles. The number of fused-ring (bicyclic) bond motifs is 2. The van der Waals surface area contributed by atoms with E-state index in [-0.39, 0.29) is 30.0 Å². The molecule has 0 spiro atoms. The number of carbonyl (C=O) groups is 1. The fraction of sp³-hybridized carbons (Fsp3) is 0.333. The molecule has 4 N–H and O–H groups in total. The maximum absolute atomic E-state index is 15.3. The zero-order chi connectivity index (χ0) is 30.1. The van der Waals surface area contributed by atoms with Gasteiger partial charge in [0.15, 0.2) is 11.6 Å². The number of halogens is 2. The van der Waals surface area contributed by atoms with E-state index in [1.165, 1.54) is 18.2 Å². The third-order valence-corrected chi connectivity index (χ3v) is 7.88. The zero-order valence-electron chi connectivity index (χ0n) is 23.9. The summed E-state index contributed by atoms with van der Waals surface area (Å²) in [5, 5.41) is 20.8. The minimum atomic E-state index is -0.976. The number of aliphatic hydroxyl groups is 1. The minimum Gasteiger partial charge on any atom is -0.491 e. The smallest absolute Gasteiger partial charge is 0.167 e. The summed E-state index contributed by atoms with van der Waals surface area (Å²) in [6, 6.07) is 17.6. The second kappa shape index (κ2) is 11.9. The number of rotatable bonds is 8. The van der Waals surface area contributed by atoms with Crippen molar-refractivity contribution in [3.63, 3.8) is 0 Å². The van der Waals surface area contributed by atoms with Crippen LogP contribution in [-0.4, -0.2) is 53.4 Å². The Balaban J connectivity index is 1.17. The van der Waals surface area contributed by atoms with E-state index in [0.717, 1.165) is 12.0 Å². The van der Waals surface area contributed by atoms with E-state index in [1.54, 1.807) is 68.6 Å². The Labute approximate surface area is 248 Å². The van der Waals surface area contributed by atoms with Gasteiger partial charge in [-0.1, -0.05) is 12.1 Å². The van der Waals surface area contributed by atoms with Crippen molar-refractivity contribution in [2.45, 2.75) is 44.0 Å². The molecule has 224 valence electrons. The maximum Gasteiger partial charge on any atom is 0.167 e. The summed E-state index contributed by atoms with van der Waals surface area (Å²) in [7, 11) is 0. The number of ether oxygens (including phenoxy) is 2. The van der Waals surface area contributed by atoms with Gasteiger partial charge in [-0.05, 0) is 74.8 Å². The first-order valence-electron chi connectivity index (χ1n) is 14.4. The molecule has 6 rings (SSSR count). The molecule has 2 fully saturated rings. The molecular weight excluding hydrogens is 554 g/mol. The molecule has 43 heavy (non-hydrogen) atoms. The van der Waals surface area contributed by atoms with E-state index in [4.69, 9.17) is 9.47 Å². The van der Waals surface area contributed by atoms with Crippen LogP contribution in [0, 0.1) is 17.6 Å². The molecule has 0 bridgehead atoms. The van der Waals surface area contributed by atoms with Crippen molar-refractivity contribution in [1.82, 2.24) is 15.6 Å². The fourth-order valence-corrected chi connectivity index (χ4v) is 5.76. The predicted octanol–water partition coefficient (Wildman–Crippen LogP) is 5.13. The zero-order valence-corrected chi connectivity index (χ0v) is 23.9. The van der Waals surface area contributed by atoms with Crippen LogP contribution >= 0.6 is 0 Å². The Morgan fingerprint density at radius 3 is 2.60 bits per heavy atom. The van der Waals surface area contributed by atoms with Crippen molar-refractivity contribution < 1.29 is 28.2 Å². The molecule has 2 aliphatic heterocycles. The summed E-state index contributed by atoms with van der Waals surface area (Å²) < 4.78 is 40.4. The molecular formula is C33H34F2N4O4. The van der Waals surface area contributed by atoms with Gasteiger partial charge in [0, 0.05) is 42.0 Å². The molecule has 4 unspecified atom stereocenters. The first-order valence-corrected chi connectivity index (χ1v) is 14.4. The van der Waals surface area contributed by atoms with Crippen molar-refractivity contribution in [2.75, 3.05) is 25.0 Å². The standard InChI is InChI=1S/C33H34F2N4O4/c1-33(2,41)18-42-22-8-9-23-27(16-22)36-14-12-28(23)43-29-10-7-21(15-25(29)35)39-32-30-26(11-13-37-32)38-17-24(31(30)40)19-3-5-20(34)6-4-19/h3-10,12,14-16,24,26,30,32,37-39,41H,11,13,17-18H2,1-2H3. The van der Waals surface area contributed by atoms with Crippen molar-refractivity contribution in [1.29, 1.82) is 0 Å². The third kappa shape index (κ3) is 6.46. The van der Waals surface area contributed by atoms with Crippen LogP contribution in [0.5, 0.6) is 17.2 Å². The molecule has 3 aromatic carbocycles.